The van der Waals surface area contributed by atoms with Crippen LogP contribution in [0.15, 0.2) is 54.6 Å². The van der Waals surface area contributed by atoms with Gasteiger partial charge >= 0.3 is 0 Å². The number of hydrogen-bond acceptors (Lipinski definition) is 4. The number of nitrogens with zero attached hydrogens (tertiary/aromatic N) is 1. The van der Waals surface area contributed by atoms with Crippen molar-refractivity contribution in [3.63, 3.8) is 0 Å². The number of halogens is 1. The first kappa shape index (κ1) is 17.2. The molecule has 0 aromatic heterocycles. The maximum absolute atomic E-state index is 12.3. The molecule has 2 aromatic carbocycles. The van der Waals surface area contributed by atoms with Crippen LogP contribution in [0, 0.1) is 0 Å². The van der Waals surface area contributed by atoms with Gasteiger partial charge in [-0.05, 0) is 17.7 Å². The van der Waals surface area contributed by atoms with Gasteiger partial charge in [0.05, 0.1) is 12.2 Å². The van der Waals surface area contributed by atoms with E-state index in [4.69, 9.17) is 23.8 Å². The molecule has 1 atom stereocenters. The zero-order chi connectivity index (χ0) is 17.2. The number of carbonyl (C=O) groups excluding carboxylic acids is 1. The van der Waals surface area contributed by atoms with E-state index in [1.165, 1.54) is 16.8 Å². The van der Waals surface area contributed by atoms with Crippen molar-refractivity contribution in [3.05, 3.63) is 70.7 Å². The lowest BCUT2D eigenvalue weighted by Crippen LogP contribution is -2.54. The van der Waals surface area contributed by atoms with Gasteiger partial charge in [-0.3, -0.25) is 10.2 Å². The van der Waals surface area contributed by atoms with E-state index in [-0.39, 0.29) is 12.3 Å². The van der Waals surface area contributed by atoms with Crippen molar-refractivity contribution in [1.29, 1.82) is 0 Å². The molecular formula is C17H15ClN2O2S2. The van der Waals surface area contributed by atoms with Gasteiger partial charge in [-0.1, -0.05) is 78.0 Å². The smallest absolute Gasteiger partial charge is 0.243 e. The Morgan fingerprint density at radius 3 is 2.58 bits per heavy atom. The molecule has 0 aliphatic carbocycles. The summed E-state index contributed by atoms with van der Waals surface area (Å²) in [5.41, 5.74) is 2.86. The average Bonchev–Trinajstić information content (AvgIpc) is 2.86. The zero-order valence-corrected chi connectivity index (χ0v) is 15.0. The highest BCUT2D eigenvalue weighted by Gasteiger charge is 2.45. The molecule has 0 saturated carbocycles. The molecule has 1 amide bonds. The molecule has 3 rings (SSSR count). The second kappa shape index (κ2) is 7.11. The number of aliphatic hydroxyl groups is 1. The van der Waals surface area contributed by atoms with E-state index >= 15 is 0 Å². The molecule has 0 spiro atoms. The molecule has 0 bridgehead atoms. The first-order valence-corrected chi connectivity index (χ1v) is 9.05. The number of benzene rings is 2. The van der Waals surface area contributed by atoms with Crippen molar-refractivity contribution in [2.75, 3.05) is 5.75 Å². The van der Waals surface area contributed by atoms with Crippen molar-refractivity contribution >= 4 is 45.8 Å². The van der Waals surface area contributed by atoms with Gasteiger partial charge in [0.25, 0.3) is 0 Å². The van der Waals surface area contributed by atoms with E-state index in [9.17, 15) is 9.90 Å². The summed E-state index contributed by atoms with van der Waals surface area (Å²) in [6.07, 6.45) is 0.210. The van der Waals surface area contributed by atoms with E-state index in [0.717, 1.165) is 5.56 Å². The molecule has 1 saturated heterocycles. The monoisotopic (exact) mass is 378 g/mol. The molecule has 0 unspecified atom stereocenters. The number of rotatable bonds is 4. The number of thioether (sulfide) groups is 1. The van der Waals surface area contributed by atoms with Crippen LogP contribution in [-0.4, -0.2) is 26.1 Å². The molecule has 1 fully saturated rings. The van der Waals surface area contributed by atoms with E-state index in [2.05, 4.69) is 5.43 Å². The minimum Gasteiger partial charge on any atom is -0.365 e. The maximum atomic E-state index is 12.3. The lowest BCUT2D eigenvalue weighted by atomic mass is 10.0. The molecule has 7 heteroatoms. The Kier molecular flexibility index (Phi) is 5.10. The fourth-order valence-electron chi connectivity index (χ4n) is 2.46. The van der Waals surface area contributed by atoms with Crippen LogP contribution < -0.4 is 5.43 Å². The summed E-state index contributed by atoms with van der Waals surface area (Å²) in [6, 6.07) is 16.3. The van der Waals surface area contributed by atoms with Crippen LogP contribution in [0.2, 0.25) is 5.02 Å². The standard InChI is InChI=1S/C17H15ClN2O2S2/c18-14-8-6-13(7-9-14)17(22)11-24-16(23)20(17)19-15(21)10-12-4-2-1-3-5-12/h1-9,22H,10-11H2,(H,19,21)/t17-/m1/s1. The van der Waals surface area contributed by atoms with Gasteiger partial charge in [0.1, 0.15) is 0 Å². The van der Waals surface area contributed by atoms with Crippen LogP contribution in [0.1, 0.15) is 11.1 Å². The predicted molar refractivity (Wildman–Crippen MR) is 101 cm³/mol. The topological polar surface area (TPSA) is 52.6 Å². The average molecular weight is 379 g/mol. The first-order chi connectivity index (χ1) is 11.5. The summed E-state index contributed by atoms with van der Waals surface area (Å²) >= 11 is 12.5. The van der Waals surface area contributed by atoms with Gasteiger partial charge in [-0.15, -0.1) is 0 Å². The fraction of sp³-hybridized carbons (Fsp3) is 0.176. The van der Waals surface area contributed by atoms with Crippen molar-refractivity contribution in [2.24, 2.45) is 0 Å². The van der Waals surface area contributed by atoms with Gasteiger partial charge in [0.15, 0.2) is 10.0 Å². The Morgan fingerprint density at radius 1 is 1.25 bits per heavy atom. The number of nitrogens with one attached hydrogen (secondary N) is 1. The third-order valence-electron chi connectivity index (χ3n) is 3.70. The van der Waals surface area contributed by atoms with Crippen LogP contribution in [0.3, 0.4) is 0 Å². The van der Waals surface area contributed by atoms with Gasteiger partial charge < -0.3 is 5.11 Å². The highest BCUT2D eigenvalue weighted by atomic mass is 35.5. The summed E-state index contributed by atoms with van der Waals surface area (Å²) in [6.45, 7) is 0. The normalized spacial score (nSPS) is 20.2. The van der Waals surface area contributed by atoms with Crippen LogP contribution in [0.4, 0.5) is 0 Å². The molecule has 1 aliphatic heterocycles. The largest absolute Gasteiger partial charge is 0.365 e. The third kappa shape index (κ3) is 3.57. The Bertz CT molecular complexity index is 755. The van der Waals surface area contributed by atoms with Gasteiger partial charge in [-0.25, -0.2) is 5.01 Å². The summed E-state index contributed by atoms with van der Waals surface area (Å²) in [5.74, 6) is 0.0949. The molecule has 1 heterocycles. The number of thiocarbonyl (C=S) groups is 1. The number of amides is 1. The van der Waals surface area contributed by atoms with E-state index in [0.29, 0.717) is 20.7 Å². The molecular weight excluding hydrogens is 364 g/mol. The summed E-state index contributed by atoms with van der Waals surface area (Å²) in [7, 11) is 0. The zero-order valence-electron chi connectivity index (χ0n) is 12.6. The molecule has 2 aromatic rings. The SMILES string of the molecule is O=C(Cc1ccccc1)NN1C(=S)SC[C@@]1(O)c1ccc(Cl)cc1. The molecule has 2 N–H and O–H groups in total. The van der Waals surface area contributed by atoms with Crippen LogP contribution in [0.25, 0.3) is 0 Å². The molecule has 0 radical (unpaired) electrons. The van der Waals surface area contributed by atoms with Crippen LogP contribution in [0.5, 0.6) is 0 Å². The van der Waals surface area contributed by atoms with Crippen molar-refractivity contribution in [1.82, 2.24) is 10.4 Å². The summed E-state index contributed by atoms with van der Waals surface area (Å²) in [5, 5.41) is 13.0. The Labute approximate surface area is 154 Å². The van der Waals surface area contributed by atoms with Gasteiger partial charge in [0.2, 0.25) is 5.91 Å². The maximum Gasteiger partial charge on any atom is 0.243 e. The van der Waals surface area contributed by atoms with Crippen LogP contribution in [-0.2, 0) is 16.9 Å². The highest BCUT2D eigenvalue weighted by Crippen LogP contribution is 2.38. The Hall–Kier alpha value is -1.60. The lowest BCUT2D eigenvalue weighted by Gasteiger charge is -2.34. The van der Waals surface area contributed by atoms with E-state index in [1.807, 2.05) is 30.3 Å². The predicted octanol–water partition coefficient (Wildman–Crippen LogP) is 3.09. The van der Waals surface area contributed by atoms with Crippen molar-refractivity contribution in [3.8, 4) is 0 Å². The third-order valence-corrected chi connectivity index (χ3v) is 5.46. The Balaban J connectivity index is 1.78. The second-order valence-electron chi connectivity index (χ2n) is 5.41. The van der Waals surface area contributed by atoms with E-state index in [1.54, 1.807) is 24.3 Å². The van der Waals surface area contributed by atoms with E-state index < -0.39 is 5.72 Å². The second-order valence-corrected chi connectivity index (χ2v) is 7.46. The molecule has 1 aliphatic rings. The molecule has 124 valence electrons. The quantitative estimate of drug-likeness (QED) is 0.801. The van der Waals surface area contributed by atoms with Crippen molar-refractivity contribution in [2.45, 2.75) is 12.1 Å². The summed E-state index contributed by atoms with van der Waals surface area (Å²) in [4.78, 5) is 12.3. The van der Waals surface area contributed by atoms with Crippen molar-refractivity contribution < 1.29 is 9.90 Å². The van der Waals surface area contributed by atoms with Gasteiger partial charge in [0, 0.05) is 10.6 Å². The number of hydrazine groups is 1. The number of carbonyl (C=O) groups is 1. The summed E-state index contributed by atoms with van der Waals surface area (Å²) < 4.78 is 0.425. The fourth-order valence-corrected chi connectivity index (χ4v) is 3.90. The molecule has 24 heavy (non-hydrogen) atoms. The van der Waals surface area contributed by atoms with Gasteiger partial charge in [-0.2, -0.15) is 0 Å². The highest BCUT2D eigenvalue weighted by molar-refractivity contribution is 8.23. The molecule has 4 nitrogen and oxygen atoms in total. The first-order valence-electron chi connectivity index (χ1n) is 7.28. The minimum atomic E-state index is -1.39. The Morgan fingerprint density at radius 2 is 1.92 bits per heavy atom. The lowest BCUT2D eigenvalue weighted by molar-refractivity contribution is -0.134. The number of hydrogen-bond donors (Lipinski definition) is 2. The van der Waals surface area contributed by atoms with Crippen LogP contribution >= 0.6 is 35.6 Å². The minimum absolute atomic E-state index is 0.210.